The molecule has 1 amide bonds. The number of carbonyl (C=O) groups excluding carboxylic acids is 1. The van der Waals surface area contributed by atoms with Gasteiger partial charge in [-0.05, 0) is 41.6 Å². The predicted octanol–water partition coefficient (Wildman–Crippen LogP) is 2.11. The number of hydrogen-bond donors (Lipinski definition) is 3. The highest BCUT2D eigenvalue weighted by atomic mass is 16.5. The van der Waals surface area contributed by atoms with E-state index >= 15 is 0 Å². The summed E-state index contributed by atoms with van der Waals surface area (Å²) >= 11 is 0. The molecule has 1 aromatic carbocycles. The molecule has 0 bridgehead atoms. The minimum absolute atomic E-state index is 0.0765. The molecule has 0 unspecified atom stereocenters. The van der Waals surface area contributed by atoms with E-state index in [9.17, 15) is 9.59 Å². The first-order valence-corrected chi connectivity index (χ1v) is 11.3. The number of hydrogen-bond acceptors (Lipinski definition) is 8. The number of ether oxygens (including phenoxy) is 1. The van der Waals surface area contributed by atoms with E-state index in [1.807, 2.05) is 36.4 Å². The maximum atomic E-state index is 12.6. The van der Waals surface area contributed by atoms with E-state index in [0.717, 1.165) is 36.1 Å². The van der Waals surface area contributed by atoms with E-state index in [1.54, 1.807) is 12.4 Å². The van der Waals surface area contributed by atoms with Crippen LogP contribution in [0.25, 0.3) is 22.2 Å². The van der Waals surface area contributed by atoms with Gasteiger partial charge in [-0.3, -0.25) is 19.5 Å². The van der Waals surface area contributed by atoms with Crippen LogP contribution in [0.1, 0.15) is 5.56 Å². The zero-order chi connectivity index (χ0) is 24.2. The Balaban J connectivity index is 1.40. The molecule has 1 aliphatic heterocycles. The molecule has 178 valence electrons. The van der Waals surface area contributed by atoms with E-state index in [2.05, 4.69) is 30.5 Å². The summed E-state index contributed by atoms with van der Waals surface area (Å²) in [6.07, 6.45) is 5.58. The molecule has 0 aliphatic carbocycles. The number of amides is 1. The molecule has 5 rings (SSSR count). The monoisotopic (exact) mass is 471 g/mol. The summed E-state index contributed by atoms with van der Waals surface area (Å²) in [6.45, 7) is 2.83. The second kappa shape index (κ2) is 9.90. The van der Waals surface area contributed by atoms with Gasteiger partial charge in [0, 0.05) is 31.5 Å². The zero-order valence-corrected chi connectivity index (χ0v) is 19.2. The van der Waals surface area contributed by atoms with Crippen LogP contribution in [0.4, 0.5) is 11.5 Å². The molecule has 0 saturated carbocycles. The number of nitrogens with one attached hydrogen (secondary N) is 3. The Hall–Kier alpha value is -4.31. The lowest BCUT2D eigenvalue weighted by atomic mass is 10.1. The number of nitrogens with zero attached hydrogens (tertiary/aromatic N) is 4. The van der Waals surface area contributed by atoms with E-state index < -0.39 is 0 Å². The Bertz CT molecular complexity index is 1420. The van der Waals surface area contributed by atoms with Crippen molar-refractivity contribution in [2.75, 3.05) is 38.6 Å². The van der Waals surface area contributed by atoms with Gasteiger partial charge in [-0.1, -0.05) is 12.1 Å². The van der Waals surface area contributed by atoms with Gasteiger partial charge < -0.3 is 20.4 Å². The van der Waals surface area contributed by atoms with Gasteiger partial charge >= 0.3 is 0 Å². The highest BCUT2D eigenvalue weighted by Crippen LogP contribution is 2.27. The van der Waals surface area contributed by atoms with E-state index in [-0.39, 0.29) is 11.5 Å². The van der Waals surface area contributed by atoms with Crippen molar-refractivity contribution in [2.45, 2.75) is 6.42 Å². The number of carbonyl (C=O) groups is 1. The van der Waals surface area contributed by atoms with Crippen LogP contribution >= 0.6 is 0 Å². The quantitative estimate of drug-likeness (QED) is 0.374. The highest BCUT2D eigenvalue weighted by Gasteiger charge is 2.16. The second-order valence-electron chi connectivity index (χ2n) is 8.27. The molecular weight excluding hydrogens is 446 g/mol. The topological polar surface area (TPSA) is 125 Å². The maximum absolute atomic E-state index is 12.6. The summed E-state index contributed by atoms with van der Waals surface area (Å²) < 4.78 is 5.19. The molecule has 0 atom stereocenters. The van der Waals surface area contributed by atoms with Crippen LogP contribution < -0.4 is 20.9 Å². The number of benzene rings is 1. The van der Waals surface area contributed by atoms with Gasteiger partial charge in [0.05, 0.1) is 37.1 Å². The molecule has 3 N–H and O–H groups in total. The Morgan fingerprint density at radius 1 is 1.09 bits per heavy atom. The Morgan fingerprint density at radius 3 is 2.74 bits per heavy atom. The minimum Gasteiger partial charge on any atom is -0.480 e. The van der Waals surface area contributed by atoms with Crippen molar-refractivity contribution >= 4 is 28.2 Å². The third-order valence-corrected chi connectivity index (χ3v) is 5.89. The highest BCUT2D eigenvalue weighted by molar-refractivity contribution is 5.94. The first-order valence-electron chi connectivity index (χ1n) is 11.3. The van der Waals surface area contributed by atoms with Crippen LogP contribution in [0.15, 0.2) is 59.8 Å². The van der Waals surface area contributed by atoms with Crippen molar-refractivity contribution in [3.05, 3.63) is 70.9 Å². The zero-order valence-electron chi connectivity index (χ0n) is 19.2. The first-order chi connectivity index (χ1) is 17.1. The van der Waals surface area contributed by atoms with Gasteiger partial charge in [-0.25, -0.2) is 9.97 Å². The molecule has 3 aromatic heterocycles. The summed E-state index contributed by atoms with van der Waals surface area (Å²) in [6, 6.07) is 11.6. The Kier molecular flexibility index (Phi) is 6.36. The Labute approximate surface area is 201 Å². The lowest BCUT2D eigenvalue weighted by Crippen LogP contribution is -2.48. The lowest BCUT2D eigenvalue weighted by molar-refractivity contribution is -0.124. The summed E-state index contributed by atoms with van der Waals surface area (Å²) in [4.78, 5) is 42.4. The average Bonchev–Trinajstić information content (AvgIpc) is 2.88. The first kappa shape index (κ1) is 22.5. The third-order valence-electron chi connectivity index (χ3n) is 5.89. The van der Waals surface area contributed by atoms with Gasteiger partial charge in [-0.15, -0.1) is 0 Å². The van der Waals surface area contributed by atoms with Gasteiger partial charge in [0.15, 0.2) is 0 Å². The number of aromatic nitrogens is 4. The van der Waals surface area contributed by atoms with Crippen molar-refractivity contribution in [3.8, 4) is 17.3 Å². The summed E-state index contributed by atoms with van der Waals surface area (Å²) in [5, 5.41) is 7.32. The van der Waals surface area contributed by atoms with Crippen molar-refractivity contribution in [3.63, 3.8) is 0 Å². The number of methoxy groups -OCH3 is 1. The van der Waals surface area contributed by atoms with Crippen molar-refractivity contribution in [2.24, 2.45) is 0 Å². The normalized spacial score (nSPS) is 14.0. The van der Waals surface area contributed by atoms with E-state index in [0.29, 0.717) is 41.6 Å². The molecule has 4 aromatic rings. The third kappa shape index (κ3) is 5.12. The standard InChI is InChI=1S/C25H25N7O3/c1-35-22-14-26-13-20(30-22)19-12-17-6-8-28-25(34)23(17)24(31-19)29-18-4-2-16(3-5-18)7-10-32-11-9-27-21(33)15-32/h2-6,8,12-14H,7,9-11,15H2,1H3,(H,27,33)(H,28,34)(H,29,31). The average molecular weight is 472 g/mol. The summed E-state index contributed by atoms with van der Waals surface area (Å²) in [5.41, 5.74) is 2.84. The van der Waals surface area contributed by atoms with Crippen LogP contribution in [-0.4, -0.2) is 64.0 Å². The largest absolute Gasteiger partial charge is 0.480 e. The number of H-pyrrole nitrogens is 1. The molecule has 35 heavy (non-hydrogen) atoms. The van der Waals surface area contributed by atoms with Gasteiger partial charge in [0.2, 0.25) is 11.8 Å². The molecule has 10 nitrogen and oxygen atoms in total. The fraction of sp³-hybridized carbons (Fsp3) is 0.240. The van der Waals surface area contributed by atoms with Crippen LogP contribution in [0.3, 0.4) is 0 Å². The number of rotatable bonds is 7. The molecule has 0 radical (unpaired) electrons. The molecule has 0 spiro atoms. The molecule has 1 aliphatic rings. The summed E-state index contributed by atoms with van der Waals surface area (Å²) in [7, 11) is 1.53. The molecular formula is C25H25N7O3. The molecule has 10 heteroatoms. The fourth-order valence-electron chi connectivity index (χ4n) is 4.07. The number of pyridine rings is 2. The van der Waals surface area contributed by atoms with Gasteiger partial charge in [-0.2, -0.15) is 0 Å². The van der Waals surface area contributed by atoms with E-state index in [1.165, 1.54) is 13.3 Å². The van der Waals surface area contributed by atoms with Crippen LogP contribution in [0, 0.1) is 0 Å². The fourth-order valence-corrected chi connectivity index (χ4v) is 4.07. The van der Waals surface area contributed by atoms with Crippen molar-refractivity contribution in [1.29, 1.82) is 0 Å². The van der Waals surface area contributed by atoms with Gasteiger partial charge in [0.25, 0.3) is 5.56 Å². The van der Waals surface area contributed by atoms with Gasteiger partial charge in [0.1, 0.15) is 11.5 Å². The van der Waals surface area contributed by atoms with E-state index in [4.69, 9.17) is 9.72 Å². The number of fused-ring (bicyclic) bond motifs is 1. The second-order valence-corrected chi connectivity index (χ2v) is 8.27. The van der Waals surface area contributed by atoms with Crippen LogP contribution in [0.5, 0.6) is 5.88 Å². The smallest absolute Gasteiger partial charge is 0.259 e. The maximum Gasteiger partial charge on any atom is 0.259 e. The molecule has 1 fully saturated rings. The van der Waals surface area contributed by atoms with Crippen LogP contribution in [0.2, 0.25) is 0 Å². The molecule has 4 heterocycles. The number of anilines is 2. The minimum atomic E-state index is -0.233. The van der Waals surface area contributed by atoms with Crippen molar-refractivity contribution in [1.82, 2.24) is 30.2 Å². The summed E-state index contributed by atoms with van der Waals surface area (Å²) in [5.74, 6) is 0.884. The molecule has 1 saturated heterocycles. The Morgan fingerprint density at radius 2 is 1.94 bits per heavy atom. The van der Waals surface area contributed by atoms with Crippen LogP contribution in [-0.2, 0) is 11.2 Å². The number of aromatic amines is 1. The predicted molar refractivity (Wildman–Crippen MR) is 133 cm³/mol. The number of piperazine rings is 1. The van der Waals surface area contributed by atoms with Crippen molar-refractivity contribution < 1.29 is 9.53 Å². The lowest BCUT2D eigenvalue weighted by Gasteiger charge is -2.26. The SMILES string of the molecule is COc1cncc(-c2cc3cc[nH]c(=O)c3c(Nc3ccc(CCN4CCNC(=O)C4)cc3)n2)n1.